The zero-order valence-electron chi connectivity index (χ0n) is 15.6. The lowest BCUT2D eigenvalue weighted by molar-refractivity contribution is 0.0747. The Morgan fingerprint density at radius 3 is 2.36 bits per heavy atom. The van der Waals surface area contributed by atoms with Crippen LogP contribution >= 0.6 is 11.6 Å². The van der Waals surface area contributed by atoms with Gasteiger partial charge in [-0.25, -0.2) is 12.8 Å². The Balaban J connectivity index is 1.76. The van der Waals surface area contributed by atoms with Crippen molar-refractivity contribution in [2.24, 2.45) is 0 Å². The minimum atomic E-state index is -3.45. The third kappa shape index (κ3) is 4.23. The van der Waals surface area contributed by atoms with Crippen molar-refractivity contribution in [1.82, 2.24) is 4.90 Å². The van der Waals surface area contributed by atoms with Crippen LogP contribution in [-0.4, -0.2) is 58.7 Å². The number of amides is 1. The van der Waals surface area contributed by atoms with Gasteiger partial charge in [0.25, 0.3) is 5.91 Å². The number of hydrogen-bond donors (Lipinski definition) is 0. The Hall–Kier alpha value is -2.32. The molecule has 0 unspecified atom stereocenters. The minimum absolute atomic E-state index is 0.244. The highest BCUT2D eigenvalue weighted by molar-refractivity contribution is 7.92. The largest absolute Gasteiger partial charge is 0.366 e. The fraction of sp³-hybridized carbons (Fsp3) is 0.316. The molecule has 1 fully saturated rings. The smallest absolute Gasteiger partial charge is 0.255 e. The molecule has 6 nitrogen and oxygen atoms in total. The molecule has 1 aliphatic rings. The van der Waals surface area contributed by atoms with Crippen molar-refractivity contribution in [3.63, 3.8) is 0 Å². The molecule has 2 aromatic rings. The van der Waals surface area contributed by atoms with E-state index in [1.54, 1.807) is 29.2 Å². The summed E-state index contributed by atoms with van der Waals surface area (Å²) in [5.74, 6) is -0.566. The summed E-state index contributed by atoms with van der Waals surface area (Å²) in [6.45, 7) is 1.81. The van der Waals surface area contributed by atoms with Gasteiger partial charge in [-0.3, -0.25) is 9.10 Å². The van der Waals surface area contributed by atoms with E-state index in [0.29, 0.717) is 37.6 Å². The molecule has 28 heavy (non-hydrogen) atoms. The van der Waals surface area contributed by atoms with Crippen LogP contribution in [-0.2, 0) is 10.0 Å². The monoisotopic (exact) mass is 425 g/mol. The molecular formula is C19H21ClFN3O3S. The van der Waals surface area contributed by atoms with Gasteiger partial charge in [-0.1, -0.05) is 23.7 Å². The van der Waals surface area contributed by atoms with Crippen LogP contribution in [0.25, 0.3) is 0 Å². The van der Waals surface area contributed by atoms with Crippen LogP contribution in [0.2, 0.25) is 5.02 Å². The summed E-state index contributed by atoms with van der Waals surface area (Å²) >= 11 is 6.20. The Kier molecular flexibility index (Phi) is 5.81. The van der Waals surface area contributed by atoms with Crippen molar-refractivity contribution in [3.05, 3.63) is 58.9 Å². The first kappa shape index (κ1) is 20.4. The standard InChI is InChI=1S/C19H21ClFN3O3S/c1-22(28(2,26)27)14-7-8-16(20)15(13-14)19(25)24-11-9-23(10-12-24)18-6-4-3-5-17(18)21/h3-8,13H,9-12H2,1-2H3. The second kappa shape index (κ2) is 7.97. The summed E-state index contributed by atoms with van der Waals surface area (Å²) in [6, 6.07) is 11.1. The fourth-order valence-electron chi connectivity index (χ4n) is 3.09. The molecular weight excluding hydrogens is 405 g/mol. The maximum absolute atomic E-state index is 14.0. The van der Waals surface area contributed by atoms with Crippen LogP contribution in [0, 0.1) is 5.82 Å². The van der Waals surface area contributed by atoms with E-state index < -0.39 is 10.0 Å². The van der Waals surface area contributed by atoms with E-state index in [-0.39, 0.29) is 22.3 Å². The molecule has 0 radical (unpaired) electrons. The minimum Gasteiger partial charge on any atom is -0.366 e. The van der Waals surface area contributed by atoms with Crippen molar-refractivity contribution >= 4 is 38.9 Å². The molecule has 2 aromatic carbocycles. The van der Waals surface area contributed by atoms with Gasteiger partial charge in [0.1, 0.15) is 5.82 Å². The van der Waals surface area contributed by atoms with E-state index in [1.807, 2.05) is 4.90 Å². The maximum Gasteiger partial charge on any atom is 0.255 e. The van der Waals surface area contributed by atoms with Crippen molar-refractivity contribution in [3.8, 4) is 0 Å². The van der Waals surface area contributed by atoms with E-state index in [2.05, 4.69) is 0 Å². The SMILES string of the molecule is CN(c1ccc(Cl)c(C(=O)N2CCN(c3ccccc3F)CC2)c1)S(C)(=O)=O. The highest BCUT2D eigenvalue weighted by atomic mass is 35.5. The van der Waals surface area contributed by atoms with Gasteiger partial charge in [0, 0.05) is 33.2 Å². The molecule has 1 saturated heterocycles. The molecule has 9 heteroatoms. The van der Waals surface area contributed by atoms with Gasteiger partial charge in [0.15, 0.2) is 0 Å². The number of piperazine rings is 1. The van der Waals surface area contributed by atoms with Gasteiger partial charge < -0.3 is 9.80 Å². The Labute approximate surface area is 169 Å². The predicted molar refractivity (Wildman–Crippen MR) is 109 cm³/mol. The average molecular weight is 426 g/mol. The second-order valence-corrected chi connectivity index (χ2v) is 9.05. The highest BCUT2D eigenvalue weighted by Crippen LogP contribution is 2.26. The number of halogens is 2. The molecule has 3 rings (SSSR count). The molecule has 0 spiro atoms. The number of carbonyl (C=O) groups is 1. The van der Waals surface area contributed by atoms with Gasteiger partial charge in [0.05, 0.1) is 28.2 Å². The Morgan fingerprint density at radius 2 is 1.75 bits per heavy atom. The lowest BCUT2D eigenvalue weighted by Crippen LogP contribution is -2.49. The summed E-state index contributed by atoms with van der Waals surface area (Å²) in [5.41, 5.74) is 1.12. The van der Waals surface area contributed by atoms with Crippen molar-refractivity contribution in [2.75, 3.05) is 48.7 Å². The first-order valence-electron chi connectivity index (χ1n) is 8.70. The van der Waals surface area contributed by atoms with E-state index in [4.69, 9.17) is 11.6 Å². The van der Waals surface area contributed by atoms with E-state index >= 15 is 0 Å². The molecule has 150 valence electrons. The number of para-hydroxylation sites is 1. The first-order chi connectivity index (χ1) is 13.2. The number of sulfonamides is 1. The van der Waals surface area contributed by atoms with Gasteiger partial charge in [-0.15, -0.1) is 0 Å². The summed E-state index contributed by atoms with van der Waals surface area (Å²) < 4.78 is 38.6. The van der Waals surface area contributed by atoms with E-state index in [0.717, 1.165) is 10.6 Å². The number of nitrogens with zero attached hydrogens (tertiary/aromatic N) is 3. The van der Waals surface area contributed by atoms with Crippen molar-refractivity contribution in [1.29, 1.82) is 0 Å². The molecule has 0 N–H and O–H groups in total. The van der Waals surface area contributed by atoms with Crippen LogP contribution in [0.4, 0.5) is 15.8 Å². The topological polar surface area (TPSA) is 60.9 Å². The molecule has 0 saturated carbocycles. The van der Waals surface area contributed by atoms with Crippen LogP contribution in [0.3, 0.4) is 0 Å². The molecule has 0 aromatic heterocycles. The second-order valence-electron chi connectivity index (χ2n) is 6.63. The Bertz CT molecular complexity index is 992. The van der Waals surface area contributed by atoms with Crippen molar-refractivity contribution < 1.29 is 17.6 Å². The van der Waals surface area contributed by atoms with E-state index in [1.165, 1.54) is 25.2 Å². The first-order valence-corrected chi connectivity index (χ1v) is 10.9. The molecule has 0 aliphatic carbocycles. The summed E-state index contributed by atoms with van der Waals surface area (Å²) in [7, 11) is -2.04. The van der Waals surface area contributed by atoms with Gasteiger partial charge in [-0.05, 0) is 30.3 Å². The zero-order valence-corrected chi connectivity index (χ0v) is 17.2. The lowest BCUT2D eigenvalue weighted by Gasteiger charge is -2.36. The normalized spacial score (nSPS) is 14.9. The Morgan fingerprint density at radius 1 is 1.11 bits per heavy atom. The van der Waals surface area contributed by atoms with E-state index in [9.17, 15) is 17.6 Å². The van der Waals surface area contributed by atoms with Crippen LogP contribution in [0.15, 0.2) is 42.5 Å². The molecule has 1 heterocycles. The van der Waals surface area contributed by atoms with Gasteiger partial charge >= 0.3 is 0 Å². The summed E-state index contributed by atoms with van der Waals surface area (Å²) in [5, 5.41) is 0.257. The highest BCUT2D eigenvalue weighted by Gasteiger charge is 2.25. The average Bonchev–Trinajstić information content (AvgIpc) is 2.67. The van der Waals surface area contributed by atoms with Gasteiger partial charge in [0.2, 0.25) is 10.0 Å². The molecule has 0 bridgehead atoms. The number of rotatable bonds is 4. The molecule has 1 aliphatic heterocycles. The third-order valence-electron chi connectivity index (χ3n) is 4.80. The lowest BCUT2D eigenvalue weighted by atomic mass is 10.1. The number of anilines is 2. The molecule has 1 amide bonds. The quantitative estimate of drug-likeness (QED) is 0.755. The van der Waals surface area contributed by atoms with Gasteiger partial charge in [-0.2, -0.15) is 0 Å². The third-order valence-corrected chi connectivity index (χ3v) is 6.34. The number of carbonyl (C=O) groups excluding carboxylic acids is 1. The summed E-state index contributed by atoms with van der Waals surface area (Å²) in [4.78, 5) is 16.5. The summed E-state index contributed by atoms with van der Waals surface area (Å²) in [6.07, 6.45) is 1.09. The van der Waals surface area contributed by atoms with Crippen LogP contribution in [0.5, 0.6) is 0 Å². The van der Waals surface area contributed by atoms with Crippen molar-refractivity contribution in [2.45, 2.75) is 0 Å². The number of benzene rings is 2. The zero-order chi connectivity index (χ0) is 20.5. The number of hydrogen-bond acceptors (Lipinski definition) is 4. The fourth-order valence-corrected chi connectivity index (χ4v) is 3.79. The van der Waals surface area contributed by atoms with Crippen LogP contribution in [0.1, 0.15) is 10.4 Å². The maximum atomic E-state index is 14.0. The van der Waals surface area contributed by atoms with Crippen LogP contribution < -0.4 is 9.21 Å². The predicted octanol–water partition coefficient (Wildman–Crippen LogP) is 2.84. The molecule has 0 atom stereocenters.